The van der Waals surface area contributed by atoms with E-state index in [2.05, 4.69) is 29.4 Å². The highest BCUT2D eigenvalue weighted by Crippen LogP contribution is 2.67. The topological polar surface area (TPSA) is 98.2 Å². The van der Waals surface area contributed by atoms with Crippen LogP contribution in [-0.2, 0) is 14.4 Å². The number of carboxylic acid groups (broad SMARTS) is 1. The normalized spacial score (nSPS) is 36.2. The number of nitrogens with zero attached hydrogens (tertiary/aromatic N) is 2. The number of hydrogen-bond donors (Lipinski definition) is 2. The first kappa shape index (κ1) is 22.6. The molecule has 162 valence electrons. The number of likely N-dealkylation sites (tertiary alicyclic amines) is 1. The van der Waals surface area contributed by atoms with Crippen molar-refractivity contribution in [3.63, 3.8) is 0 Å². The first-order valence-electron chi connectivity index (χ1n) is 10.1. The summed E-state index contributed by atoms with van der Waals surface area (Å²) in [4.78, 5) is 42.3. The number of amides is 2. The maximum absolute atomic E-state index is 13.8. The molecule has 0 aromatic carbocycles. The third kappa shape index (κ3) is 3.43. The Morgan fingerprint density at radius 3 is 2.76 bits per heavy atom. The first-order chi connectivity index (χ1) is 13.7. The van der Waals surface area contributed by atoms with Crippen molar-refractivity contribution < 1.29 is 24.6 Å². The summed E-state index contributed by atoms with van der Waals surface area (Å²) in [6, 6.07) is -0.795. The van der Waals surface area contributed by atoms with Crippen molar-refractivity contribution in [1.82, 2.24) is 9.80 Å². The van der Waals surface area contributed by atoms with Crippen LogP contribution in [0.5, 0.6) is 0 Å². The predicted octanol–water partition coefficient (Wildman–Crippen LogP) is 1.73. The van der Waals surface area contributed by atoms with Gasteiger partial charge in [-0.25, -0.2) is 0 Å². The molecule has 9 heteroatoms. The number of thioether (sulfide) groups is 1. The number of carbonyl (C=O) groups is 3. The smallest absolute Gasteiger partial charge is 0.308 e. The molecule has 2 bridgehead atoms. The molecule has 0 aliphatic carbocycles. The van der Waals surface area contributed by atoms with E-state index in [0.717, 1.165) is 12.8 Å². The van der Waals surface area contributed by atoms with Gasteiger partial charge < -0.3 is 20.0 Å². The number of β-amino-alcohol motifs (C(OH)–C–C–N with tert-alkyl or cyclic N) is 1. The van der Waals surface area contributed by atoms with E-state index < -0.39 is 28.6 Å². The number of carbonyl (C=O) groups excluding carboxylic acids is 2. The van der Waals surface area contributed by atoms with Gasteiger partial charge in [-0.3, -0.25) is 14.4 Å². The number of aliphatic carboxylic acids is 1. The van der Waals surface area contributed by atoms with Gasteiger partial charge in [0.25, 0.3) is 0 Å². The highest BCUT2D eigenvalue weighted by molar-refractivity contribution is 9.09. The average molecular weight is 489 g/mol. The van der Waals surface area contributed by atoms with Crippen LogP contribution in [0.4, 0.5) is 0 Å². The molecule has 7 atom stereocenters. The fourth-order valence-electron chi connectivity index (χ4n) is 5.40. The summed E-state index contributed by atoms with van der Waals surface area (Å²) >= 11 is 5.09. The lowest BCUT2D eigenvalue weighted by atomic mass is 9.71. The van der Waals surface area contributed by atoms with Crippen molar-refractivity contribution in [3.05, 3.63) is 12.7 Å². The molecule has 3 rings (SSSR count). The lowest BCUT2D eigenvalue weighted by Gasteiger charge is -2.39. The standard InChI is InChI=1S/C20H29BrN2O5S/c1-4-6-11(3)22(7-5-2)18(26)16-20-10-12(21)15(29-20)13(19(27)28)14(20)17(25)23(16)8-9-24/h5,11-16,24H,2,4,6-10H2,1,3H3,(H,27,28)/t11?,12?,13-,14+,15-,16?,20?/m1/s1. The Hall–Kier alpha value is -1.06. The monoisotopic (exact) mass is 488 g/mol. The van der Waals surface area contributed by atoms with Crippen molar-refractivity contribution in [2.45, 2.75) is 60.0 Å². The molecule has 4 unspecified atom stereocenters. The summed E-state index contributed by atoms with van der Waals surface area (Å²) in [5, 5.41) is 19.2. The Balaban J connectivity index is 2.05. The Labute approximate surface area is 184 Å². The Morgan fingerprint density at radius 2 is 2.21 bits per heavy atom. The van der Waals surface area contributed by atoms with E-state index in [1.165, 1.54) is 16.7 Å². The molecule has 0 radical (unpaired) electrons. The van der Waals surface area contributed by atoms with Gasteiger partial charge in [-0.05, 0) is 19.8 Å². The highest BCUT2D eigenvalue weighted by atomic mass is 79.9. The molecule has 3 heterocycles. The molecule has 2 N–H and O–H groups in total. The van der Waals surface area contributed by atoms with E-state index in [9.17, 15) is 24.6 Å². The van der Waals surface area contributed by atoms with Crippen molar-refractivity contribution in [2.24, 2.45) is 11.8 Å². The van der Waals surface area contributed by atoms with Crippen LogP contribution in [0.1, 0.15) is 33.1 Å². The molecule has 3 fully saturated rings. The first-order valence-corrected chi connectivity index (χ1v) is 11.9. The van der Waals surface area contributed by atoms with E-state index in [1.807, 2.05) is 6.92 Å². The van der Waals surface area contributed by atoms with Crippen LogP contribution in [0, 0.1) is 11.8 Å². The second-order valence-electron chi connectivity index (χ2n) is 8.17. The zero-order valence-electron chi connectivity index (χ0n) is 16.8. The van der Waals surface area contributed by atoms with Gasteiger partial charge in [-0.1, -0.05) is 35.4 Å². The van der Waals surface area contributed by atoms with E-state index in [0.29, 0.717) is 13.0 Å². The van der Waals surface area contributed by atoms with Gasteiger partial charge in [0.15, 0.2) is 0 Å². The van der Waals surface area contributed by atoms with Crippen molar-refractivity contribution >= 4 is 45.5 Å². The van der Waals surface area contributed by atoms with Gasteiger partial charge in [-0.15, -0.1) is 18.3 Å². The number of aliphatic hydroxyl groups excluding tert-OH is 1. The van der Waals surface area contributed by atoms with Crippen LogP contribution in [0.25, 0.3) is 0 Å². The van der Waals surface area contributed by atoms with Crippen LogP contribution in [0.3, 0.4) is 0 Å². The quantitative estimate of drug-likeness (QED) is 0.378. The molecule has 29 heavy (non-hydrogen) atoms. The lowest BCUT2D eigenvalue weighted by molar-refractivity contribution is -0.148. The molecule has 3 saturated heterocycles. The SMILES string of the molecule is C=CCN(C(=O)C1N(CCO)C(=O)[C@@H]2[C@@H](C(=O)O)[C@@H]3SC12CC3Br)C(C)CCC. The number of aliphatic hydroxyl groups is 1. The summed E-state index contributed by atoms with van der Waals surface area (Å²) in [6.07, 6.45) is 3.98. The number of halogens is 1. The Kier molecular flexibility index (Phi) is 6.70. The summed E-state index contributed by atoms with van der Waals surface area (Å²) in [7, 11) is 0. The predicted molar refractivity (Wildman–Crippen MR) is 115 cm³/mol. The van der Waals surface area contributed by atoms with Gasteiger partial charge in [0.05, 0.1) is 23.2 Å². The zero-order valence-corrected chi connectivity index (χ0v) is 19.2. The second-order valence-corrected chi connectivity index (χ2v) is 10.9. The number of hydrogen-bond acceptors (Lipinski definition) is 5. The van der Waals surface area contributed by atoms with Gasteiger partial charge in [0.2, 0.25) is 11.8 Å². The fourth-order valence-corrected chi connectivity index (χ4v) is 9.00. The van der Waals surface area contributed by atoms with Gasteiger partial charge >= 0.3 is 5.97 Å². The maximum atomic E-state index is 13.8. The van der Waals surface area contributed by atoms with Gasteiger partial charge in [-0.2, -0.15) is 0 Å². The molecule has 3 aliphatic heterocycles. The minimum Gasteiger partial charge on any atom is -0.481 e. The number of fused-ring (bicyclic) bond motifs is 1. The average Bonchev–Trinajstić information content (AvgIpc) is 3.24. The molecular formula is C20H29BrN2O5S. The maximum Gasteiger partial charge on any atom is 0.308 e. The molecule has 0 aromatic heterocycles. The number of carboxylic acids is 1. The minimum absolute atomic E-state index is 0.0225. The molecule has 7 nitrogen and oxygen atoms in total. The van der Waals surface area contributed by atoms with E-state index >= 15 is 0 Å². The Bertz CT molecular complexity index is 706. The van der Waals surface area contributed by atoms with Crippen molar-refractivity contribution in [1.29, 1.82) is 0 Å². The molecular weight excluding hydrogens is 460 g/mol. The van der Waals surface area contributed by atoms with E-state index in [4.69, 9.17) is 0 Å². The van der Waals surface area contributed by atoms with Gasteiger partial charge in [0.1, 0.15) is 6.04 Å². The van der Waals surface area contributed by atoms with Crippen LogP contribution in [-0.4, -0.2) is 84.4 Å². The van der Waals surface area contributed by atoms with Crippen LogP contribution in [0.15, 0.2) is 12.7 Å². The molecule has 1 spiro atoms. The lowest BCUT2D eigenvalue weighted by Crippen LogP contribution is -2.57. The summed E-state index contributed by atoms with van der Waals surface area (Å²) in [6.45, 7) is 7.95. The zero-order chi connectivity index (χ0) is 21.5. The highest BCUT2D eigenvalue weighted by Gasteiger charge is 2.76. The summed E-state index contributed by atoms with van der Waals surface area (Å²) in [5.74, 6) is -3.05. The third-order valence-corrected chi connectivity index (χ3v) is 9.72. The summed E-state index contributed by atoms with van der Waals surface area (Å²) < 4.78 is -0.781. The van der Waals surface area contributed by atoms with Crippen LogP contribution >= 0.6 is 27.7 Å². The van der Waals surface area contributed by atoms with Crippen LogP contribution < -0.4 is 0 Å². The van der Waals surface area contributed by atoms with E-state index in [1.54, 1.807) is 11.0 Å². The van der Waals surface area contributed by atoms with Crippen molar-refractivity contribution in [2.75, 3.05) is 19.7 Å². The second kappa shape index (κ2) is 8.59. The summed E-state index contributed by atoms with van der Waals surface area (Å²) in [5.41, 5.74) is 0. The minimum atomic E-state index is -0.994. The number of alkyl halides is 1. The molecule has 0 aromatic rings. The number of rotatable bonds is 9. The molecule has 3 aliphatic rings. The van der Waals surface area contributed by atoms with Crippen molar-refractivity contribution in [3.8, 4) is 0 Å². The largest absolute Gasteiger partial charge is 0.481 e. The van der Waals surface area contributed by atoms with Gasteiger partial charge in [0, 0.05) is 29.2 Å². The van der Waals surface area contributed by atoms with Crippen LogP contribution in [0.2, 0.25) is 0 Å². The molecule has 0 saturated carbocycles. The third-order valence-electron chi connectivity index (χ3n) is 6.50. The fraction of sp³-hybridized carbons (Fsp3) is 0.750. The van der Waals surface area contributed by atoms with E-state index in [-0.39, 0.29) is 41.1 Å². The Morgan fingerprint density at radius 1 is 1.52 bits per heavy atom. The molecule has 2 amide bonds.